The van der Waals surface area contributed by atoms with Crippen LogP contribution >= 0.6 is 27.7 Å². The summed E-state index contributed by atoms with van der Waals surface area (Å²) in [6.45, 7) is 1.84. The third-order valence-electron chi connectivity index (χ3n) is 2.39. The Balaban J connectivity index is 2.37. The van der Waals surface area contributed by atoms with E-state index in [9.17, 15) is 4.39 Å². The van der Waals surface area contributed by atoms with Gasteiger partial charge in [-0.25, -0.2) is 9.37 Å². The molecule has 1 aromatic carbocycles. The van der Waals surface area contributed by atoms with Crippen LogP contribution in [-0.2, 0) is 0 Å². The van der Waals surface area contributed by atoms with E-state index in [0.29, 0.717) is 0 Å². The highest BCUT2D eigenvalue weighted by Crippen LogP contribution is 2.35. The first-order valence-corrected chi connectivity index (χ1v) is 7.02. The number of hydrogen-bond donors (Lipinski definition) is 1. The molecular formula is C13H12BrFN2S. The molecule has 0 radical (unpaired) electrons. The smallest absolute Gasteiger partial charge is 0.123 e. The highest BCUT2D eigenvalue weighted by Gasteiger charge is 2.11. The summed E-state index contributed by atoms with van der Waals surface area (Å²) in [4.78, 5) is 5.20. The van der Waals surface area contributed by atoms with Crippen molar-refractivity contribution < 1.29 is 4.39 Å². The third kappa shape index (κ3) is 3.10. The molecule has 18 heavy (non-hydrogen) atoms. The van der Waals surface area contributed by atoms with Crippen LogP contribution in [0.1, 0.15) is 18.5 Å². The monoisotopic (exact) mass is 326 g/mol. The Hall–Kier alpha value is -0.910. The zero-order valence-electron chi connectivity index (χ0n) is 9.73. The first-order chi connectivity index (χ1) is 8.58. The summed E-state index contributed by atoms with van der Waals surface area (Å²) in [6, 6.07) is 8.20. The molecule has 94 valence electrons. The highest BCUT2D eigenvalue weighted by atomic mass is 79.9. The molecule has 0 aliphatic carbocycles. The van der Waals surface area contributed by atoms with Crippen LogP contribution in [0.25, 0.3) is 0 Å². The fourth-order valence-corrected chi connectivity index (χ4v) is 3.00. The highest BCUT2D eigenvalue weighted by molar-refractivity contribution is 9.10. The second-order valence-corrected chi connectivity index (χ2v) is 5.75. The van der Waals surface area contributed by atoms with Gasteiger partial charge in [0.2, 0.25) is 0 Å². The van der Waals surface area contributed by atoms with E-state index in [4.69, 9.17) is 5.73 Å². The van der Waals surface area contributed by atoms with Crippen molar-refractivity contribution in [3.63, 3.8) is 0 Å². The molecule has 0 aliphatic rings. The summed E-state index contributed by atoms with van der Waals surface area (Å²) < 4.78 is 14.1. The summed E-state index contributed by atoms with van der Waals surface area (Å²) in [7, 11) is 0. The molecule has 0 aliphatic heterocycles. The summed E-state index contributed by atoms with van der Waals surface area (Å²) in [5.41, 5.74) is 6.65. The van der Waals surface area contributed by atoms with Gasteiger partial charge in [-0.1, -0.05) is 11.8 Å². The Bertz CT molecular complexity index is 560. The summed E-state index contributed by atoms with van der Waals surface area (Å²) in [6.07, 6.45) is 1.72. The van der Waals surface area contributed by atoms with E-state index in [0.717, 1.165) is 20.0 Å². The summed E-state index contributed by atoms with van der Waals surface area (Å²) in [5, 5.41) is 0.839. The minimum Gasteiger partial charge on any atom is -0.324 e. The first-order valence-electron chi connectivity index (χ1n) is 5.41. The average Bonchev–Trinajstić information content (AvgIpc) is 2.34. The van der Waals surface area contributed by atoms with Crippen molar-refractivity contribution in [1.82, 2.24) is 4.98 Å². The van der Waals surface area contributed by atoms with Crippen LogP contribution in [-0.4, -0.2) is 4.98 Å². The standard InChI is InChI=1S/C13H12BrFN2S/c1-8(16)10-7-9(15)4-5-12(10)18-13-11(14)3-2-6-17-13/h2-8H,16H2,1H3/t8-/m1/s1. The van der Waals surface area contributed by atoms with Gasteiger partial charge in [0.05, 0.1) is 4.47 Å². The fourth-order valence-electron chi connectivity index (χ4n) is 1.52. The van der Waals surface area contributed by atoms with E-state index < -0.39 is 0 Å². The largest absolute Gasteiger partial charge is 0.324 e. The van der Waals surface area contributed by atoms with Crippen molar-refractivity contribution in [2.75, 3.05) is 0 Å². The van der Waals surface area contributed by atoms with E-state index in [-0.39, 0.29) is 11.9 Å². The Morgan fingerprint density at radius 2 is 2.17 bits per heavy atom. The van der Waals surface area contributed by atoms with Gasteiger partial charge in [-0.2, -0.15) is 0 Å². The first kappa shape index (κ1) is 13.5. The van der Waals surface area contributed by atoms with E-state index in [1.54, 1.807) is 12.3 Å². The van der Waals surface area contributed by atoms with Gasteiger partial charge >= 0.3 is 0 Å². The molecule has 0 bridgehead atoms. The quantitative estimate of drug-likeness (QED) is 0.920. The molecule has 2 aromatic rings. The number of aromatic nitrogens is 1. The molecule has 0 amide bonds. The Morgan fingerprint density at radius 3 is 2.83 bits per heavy atom. The van der Waals surface area contributed by atoms with Gasteiger partial charge in [0, 0.05) is 17.1 Å². The maximum absolute atomic E-state index is 13.2. The van der Waals surface area contributed by atoms with Crippen LogP contribution in [0.4, 0.5) is 4.39 Å². The van der Waals surface area contributed by atoms with Gasteiger partial charge in [0.1, 0.15) is 10.8 Å². The zero-order valence-corrected chi connectivity index (χ0v) is 12.1. The minimum atomic E-state index is -0.272. The molecule has 0 spiro atoms. The van der Waals surface area contributed by atoms with Crippen LogP contribution in [0.5, 0.6) is 0 Å². The zero-order chi connectivity index (χ0) is 13.1. The van der Waals surface area contributed by atoms with Crippen LogP contribution in [0.3, 0.4) is 0 Å². The lowest BCUT2D eigenvalue weighted by atomic mass is 10.1. The fraction of sp³-hybridized carbons (Fsp3) is 0.154. The molecular weight excluding hydrogens is 315 g/mol. The summed E-state index contributed by atoms with van der Waals surface area (Å²) >= 11 is 4.91. The van der Waals surface area contributed by atoms with Gasteiger partial charge in [-0.3, -0.25) is 0 Å². The van der Waals surface area contributed by atoms with Crippen LogP contribution in [0, 0.1) is 5.82 Å². The van der Waals surface area contributed by atoms with Gasteiger partial charge in [0.15, 0.2) is 0 Å². The lowest BCUT2D eigenvalue weighted by molar-refractivity contribution is 0.619. The van der Waals surface area contributed by atoms with Crippen molar-refractivity contribution in [2.24, 2.45) is 5.73 Å². The van der Waals surface area contributed by atoms with Crippen molar-refractivity contribution in [1.29, 1.82) is 0 Å². The van der Waals surface area contributed by atoms with Gasteiger partial charge in [0.25, 0.3) is 0 Å². The number of hydrogen-bond acceptors (Lipinski definition) is 3. The Labute approximate surface area is 118 Å². The number of halogens is 2. The van der Waals surface area contributed by atoms with Crippen LogP contribution in [0.15, 0.2) is 50.9 Å². The Kier molecular flexibility index (Phi) is 4.37. The van der Waals surface area contributed by atoms with Crippen LogP contribution < -0.4 is 5.73 Å². The Morgan fingerprint density at radius 1 is 1.39 bits per heavy atom. The predicted molar refractivity (Wildman–Crippen MR) is 75.1 cm³/mol. The van der Waals surface area contributed by atoms with Gasteiger partial charge in [-0.05, 0) is 58.7 Å². The molecule has 0 saturated heterocycles. The average molecular weight is 327 g/mol. The van der Waals surface area contributed by atoms with Crippen molar-refractivity contribution in [3.05, 3.63) is 52.4 Å². The maximum Gasteiger partial charge on any atom is 0.123 e. The molecule has 0 saturated carbocycles. The second-order valence-electron chi connectivity index (χ2n) is 3.86. The molecule has 1 atom stereocenters. The van der Waals surface area contributed by atoms with Crippen molar-refractivity contribution in [2.45, 2.75) is 22.9 Å². The lowest BCUT2D eigenvalue weighted by Gasteiger charge is -2.12. The number of pyridine rings is 1. The molecule has 2 N–H and O–H groups in total. The number of rotatable bonds is 3. The number of nitrogens with two attached hydrogens (primary N) is 1. The molecule has 2 rings (SSSR count). The normalized spacial score (nSPS) is 12.4. The van der Waals surface area contributed by atoms with E-state index in [1.807, 2.05) is 19.1 Å². The molecule has 2 nitrogen and oxygen atoms in total. The molecule has 1 aromatic heterocycles. The molecule has 0 fully saturated rings. The van der Waals surface area contributed by atoms with Gasteiger partial charge in [-0.15, -0.1) is 0 Å². The van der Waals surface area contributed by atoms with Crippen LogP contribution in [0.2, 0.25) is 0 Å². The number of benzene rings is 1. The van der Waals surface area contributed by atoms with E-state index in [1.165, 1.54) is 23.9 Å². The van der Waals surface area contributed by atoms with Crippen molar-refractivity contribution >= 4 is 27.7 Å². The molecule has 0 unspecified atom stereocenters. The van der Waals surface area contributed by atoms with E-state index in [2.05, 4.69) is 20.9 Å². The van der Waals surface area contributed by atoms with Gasteiger partial charge < -0.3 is 5.73 Å². The maximum atomic E-state index is 13.2. The molecule has 1 heterocycles. The SMILES string of the molecule is C[C@@H](N)c1cc(F)ccc1Sc1ncccc1Br. The van der Waals surface area contributed by atoms with Crippen molar-refractivity contribution in [3.8, 4) is 0 Å². The minimum absolute atomic E-state index is 0.217. The van der Waals surface area contributed by atoms with E-state index >= 15 is 0 Å². The third-order valence-corrected chi connectivity index (χ3v) is 4.41. The summed E-state index contributed by atoms with van der Waals surface area (Å²) in [5.74, 6) is -0.272. The lowest BCUT2D eigenvalue weighted by Crippen LogP contribution is -2.06. The molecule has 5 heteroatoms. The predicted octanol–water partition coefficient (Wildman–Crippen LogP) is 4.15. The topological polar surface area (TPSA) is 38.9 Å². The second kappa shape index (κ2) is 5.82. The number of nitrogens with zero attached hydrogens (tertiary/aromatic N) is 1.